The van der Waals surface area contributed by atoms with Crippen molar-refractivity contribution in [2.75, 3.05) is 25.5 Å². The third-order valence-corrected chi connectivity index (χ3v) is 4.02. The highest BCUT2D eigenvalue weighted by Gasteiger charge is 2.13. The van der Waals surface area contributed by atoms with E-state index in [1.54, 1.807) is 23.1 Å². The zero-order valence-corrected chi connectivity index (χ0v) is 11.5. The molecule has 0 spiro atoms. The summed E-state index contributed by atoms with van der Waals surface area (Å²) in [5, 5.41) is 7.02. The van der Waals surface area contributed by atoms with Gasteiger partial charge in [-0.3, -0.25) is 4.79 Å². The Hall–Kier alpha value is -1.14. The van der Waals surface area contributed by atoms with Gasteiger partial charge in [0.2, 0.25) is 5.76 Å². The normalized spacial score (nSPS) is 14.3. The Kier molecular flexibility index (Phi) is 5.41. The molecule has 4 nitrogen and oxygen atoms in total. The van der Waals surface area contributed by atoms with Crippen LogP contribution in [0.3, 0.4) is 0 Å². The molecule has 18 heavy (non-hydrogen) atoms. The lowest BCUT2D eigenvalue weighted by Gasteiger charge is -2.14. The number of hydrogen-bond acceptors (Lipinski definition) is 5. The maximum atomic E-state index is 11.6. The third-order valence-electron chi connectivity index (χ3n) is 2.25. The molecule has 0 aromatic carbocycles. The minimum absolute atomic E-state index is 0.203. The van der Waals surface area contributed by atoms with Crippen molar-refractivity contribution in [1.29, 1.82) is 0 Å². The Morgan fingerprint density at radius 1 is 1.50 bits per heavy atom. The van der Waals surface area contributed by atoms with Crippen LogP contribution >= 0.6 is 23.1 Å². The van der Waals surface area contributed by atoms with Gasteiger partial charge >= 0.3 is 0 Å². The lowest BCUT2D eigenvalue weighted by atomic mass is 10.4. The lowest BCUT2D eigenvalue weighted by molar-refractivity contribution is -0.122. The predicted molar refractivity (Wildman–Crippen MR) is 73.5 cm³/mol. The maximum absolute atomic E-state index is 11.6. The van der Waals surface area contributed by atoms with Gasteiger partial charge in [0.1, 0.15) is 19.5 Å². The summed E-state index contributed by atoms with van der Waals surface area (Å²) in [6.07, 6.45) is 1.37. The second-order valence-electron chi connectivity index (χ2n) is 3.64. The van der Waals surface area contributed by atoms with Crippen LogP contribution in [-0.4, -0.2) is 31.4 Å². The maximum Gasteiger partial charge on any atom is 0.289 e. The molecule has 6 heteroatoms. The van der Waals surface area contributed by atoms with Gasteiger partial charge in [-0.05, 0) is 22.4 Å². The Morgan fingerprint density at radius 2 is 2.44 bits per heavy atom. The highest BCUT2D eigenvalue weighted by molar-refractivity contribution is 7.98. The van der Waals surface area contributed by atoms with E-state index >= 15 is 0 Å². The summed E-state index contributed by atoms with van der Waals surface area (Å²) in [6.45, 7) is 1.58. The molecule has 0 saturated carbocycles. The molecular weight excluding hydrogens is 270 g/mol. The fourth-order valence-electron chi connectivity index (χ4n) is 1.38. The van der Waals surface area contributed by atoms with Crippen molar-refractivity contribution in [3.8, 4) is 0 Å². The predicted octanol–water partition coefficient (Wildman–Crippen LogP) is 1.99. The standard InChI is InChI=1S/C12H15NO3S2/c14-12(11-7-15-3-4-16-11)13-2-6-18-9-10-1-5-17-8-10/h1,5,7-8H,2-4,6,9H2,(H,13,14). The molecule has 0 saturated heterocycles. The number of carbonyl (C=O) groups is 1. The van der Waals surface area contributed by atoms with Crippen molar-refractivity contribution in [3.63, 3.8) is 0 Å². The van der Waals surface area contributed by atoms with E-state index in [1.807, 2.05) is 0 Å². The van der Waals surface area contributed by atoms with E-state index in [4.69, 9.17) is 9.47 Å². The van der Waals surface area contributed by atoms with Crippen LogP contribution in [0.5, 0.6) is 0 Å². The smallest absolute Gasteiger partial charge is 0.289 e. The summed E-state index contributed by atoms with van der Waals surface area (Å²) in [5.41, 5.74) is 1.34. The van der Waals surface area contributed by atoms with Gasteiger partial charge < -0.3 is 14.8 Å². The molecule has 0 fully saturated rings. The average molecular weight is 285 g/mol. The molecule has 2 rings (SSSR count). The van der Waals surface area contributed by atoms with E-state index in [0.29, 0.717) is 19.8 Å². The molecular formula is C12H15NO3S2. The molecule has 1 aromatic heterocycles. The van der Waals surface area contributed by atoms with Gasteiger partial charge in [-0.25, -0.2) is 0 Å². The van der Waals surface area contributed by atoms with E-state index in [-0.39, 0.29) is 11.7 Å². The van der Waals surface area contributed by atoms with Crippen LogP contribution in [0.2, 0.25) is 0 Å². The van der Waals surface area contributed by atoms with Crippen LogP contribution in [0.1, 0.15) is 5.56 Å². The topological polar surface area (TPSA) is 47.6 Å². The monoisotopic (exact) mass is 285 g/mol. The number of amides is 1. The Morgan fingerprint density at radius 3 is 3.17 bits per heavy atom. The lowest BCUT2D eigenvalue weighted by Crippen LogP contribution is -2.30. The molecule has 1 aliphatic heterocycles. The minimum Gasteiger partial charge on any atom is -0.494 e. The Bertz CT molecular complexity index is 403. The average Bonchev–Trinajstić information content (AvgIpc) is 2.92. The van der Waals surface area contributed by atoms with E-state index in [0.717, 1.165) is 11.5 Å². The van der Waals surface area contributed by atoms with Gasteiger partial charge in [-0.1, -0.05) is 0 Å². The molecule has 1 aliphatic rings. The van der Waals surface area contributed by atoms with Gasteiger partial charge in [-0.15, -0.1) is 0 Å². The fourth-order valence-corrected chi connectivity index (χ4v) is 2.96. The SMILES string of the molecule is O=C(NCCSCc1ccsc1)C1=COCCO1. The molecule has 0 bridgehead atoms. The van der Waals surface area contributed by atoms with E-state index in [9.17, 15) is 4.79 Å². The van der Waals surface area contributed by atoms with Crippen LogP contribution < -0.4 is 5.32 Å². The fraction of sp³-hybridized carbons (Fsp3) is 0.417. The van der Waals surface area contributed by atoms with E-state index in [2.05, 4.69) is 22.1 Å². The Balaban J connectivity index is 1.57. The zero-order valence-electron chi connectivity index (χ0n) is 9.89. The summed E-state index contributed by atoms with van der Waals surface area (Å²) in [5.74, 6) is 1.94. The first-order chi connectivity index (χ1) is 8.86. The van der Waals surface area contributed by atoms with Gasteiger partial charge in [0.05, 0.1) is 0 Å². The number of rotatable bonds is 6. The van der Waals surface area contributed by atoms with Crippen molar-refractivity contribution in [2.24, 2.45) is 0 Å². The first-order valence-corrected chi connectivity index (χ1v) is 7.77. The van der Waals surface area contributed by atoms with Gasteiger partial charge in [0, 0.05) is 18.1 Å². The highest BCUT2D eigenvalue weighted by atomic mass is 32.2. The van der Waals surface area contributed by atoms with Crippen LogP contribution in [0.25, 0.3) is 0 Å². The van der Waals surface area contributed by atoms with Crippen molar-refractivity contribution in [1.82, 2.24) is 5.32 Å². The first kappa shape index (κ1) is 13.3. The van der Waals surface area contributed by atoms with Gasteiger partial charge in [0.25, 0.3) is 5.91 Å². The number of ether oxygens (including phenoxy) is 2. The highest BCUT2D eigenvalue weighted by Crippen LogP contribution is 2.14. The van der Waals surface area contributed by atoms with Crippen LogP contribution in [0.4, 0.5) is 0 Å². The van der Waals surface area contributed by atoms with Crippen molar-refractivity contribution in [3.05, 3.63) is 34.4 Å². The van der Waals surface area contributed by atoms with Gasteiger partial charge in [0.15, 0.2) is 0 Å². The first-order valence-electron chi connectivity index (χ1n) is 5.68. The number of thioether (sulfide) groups is 1. The molecule has 0 aliphatic carbocycles. The largest absolute Gasteiger partial charge is 0.494 e. The van der Waals surface area contributed by atoms with Crippen LogP contribution in [0.15, 0.2) is 28.8 Å². The summed E-state index contributed by atoms with van der Waals surface area (Å²) < 4.78 is 10.2. The molecule has 1 aromatic rings. The molecule has 98 valence electrons. The zero-order chi connectivity index (χ0) is 12.6. The number of nitrogens with one attached hydrogen (secondary N) is 1. The van der Waals surface area contributed by atoms with Crippen LogP contribution in [0, 0.1) is 0 Å². The number of hydrogen-bond donors (Lipinski definition) is 1. The summed E-state index contributed by atoms with van der Waals surface area (Å²) in [7, 11) is 0. The van der Waals surface area contributed by atoms with Crippen molar-refractivity contribution < 1.29 is 14.3 Å². The van der Waals surface area contributed by atoms with Crippen molar-refractivity contribution >= 4 is 29.0 Å². The van der Waals surface area contributed by atoms with Gasteiger partial charge in [-0.2, -0.15) is 23.1 Å². The molecule has 1 amide bonds. The van der Waals surface area contributed by atoms with Crippen LogP contribution in [-0.2, 0) is 20.0 Å². The number of carbonyl (C=O) groups excluding carboxylic acids is 1. The molecule has 2 heterocycles. The molecule has 1 N–H and O–H groups in total. The van der Waals surface area contributed by atoms with Crippen molar-refractivity contribution in [2.45, 2.75) is 5.75 Å². The quantitative estimate of drug-likeness (QED) is 0.812. The molecule has 0 radical (unpaired) electrons. The summed E-state index contributed by atoms with van der Waals surface area (Å²) >= 11 is 3.51. The molecule has 0 unspecified atom stereocenters. The summed E-state index contributed by atoms with van der Waals surface area (Å²) in [4.78, 5) is 11.6. The van der Waals surface area contributed by atoms with E-state index in [1.165, 1.54) is 11.8 Å². The summed E-state index contributed by atoms with van der Waals surface area (Å²) in [6, 6.07) is 2.12. The molecule has 0 atom stereocenters. The number of thiophene rings is 1. The third kappa shape index (κ3) is 4.27. The van der Waals surface area contributed by atoms with E-state index < -0.39 is 0 Å². The second-order valence-corrected chi connectivity index (χ2v) is 5.53. The second kappa shape index (κ2) is 7.33. The Labute approximate surface area is 114 Å². The minimum atomic E-state index is -0.203.